The molecule has 0 unspecified atom stereocenters. The number of esters is 1. The van der Waals surface area contributed by atoms with E-state index in [4.69, 9.17) is 9.47 Å². The van der Waals surface area contributed by atoms with Gasteiger partial charge in [-0.05, 0) is 130 Å². The number of aliphatic carboxylic acids is 1. The van der Waals surface area contributed by atoms with Gasteiger partial charge >= 0.3 is 11.9 Å². The van der Waals surface area contributed by atoms with E-state index in [1.54, 1.807) is 13.8 Å². The highest BCUT2D eigenvalue weighted by Crippen LogP contribution is 2.77. The Morgan fingerprint density at radius 1 is 0.962 bits per heavy atom. The van der Waals surface area contributed by atoms with Crippen LogP contribution in [0.1, 0.15) is 133 Å². The van der Waals surface area contributed by atoms with Crippen LogP contribution in [0.15, 0.2) is 11.1 Å². The molecular weight excluding hydrogens is 668 g/mol. The van der Waals surface area contributed by atoms with Crippen LogP contribution in [0.3, 0.4) is 0 Å². The first-order valence-corrected chi connectivity index (χ1v) is 21.1. The number of fused-ring (bicyclic) bond motifs is 7. The largest absolute Gasteiger partial charge is 0.481 e. The van der Waals surface area contributed by atoms with Gasteiger partial charge in [-0.1, -0.05) is 54.0 Å². The van der Waals surface area contributed by atoms with Crippen LogP contribution in [0.4, 0.5) is 0 Å². The molecule has 9 nitrogen and oxygen atoms in total. The number of carboxylic acid groups (broad SMARTS) is 1. The van der Waals surface area contributed by atoms with Crippen LogP contribution >= 0.6 is 0 Å². The second kappa shape index (κ2) is 14.6. The number of carbonyl (C=O) groups is 3. The summed E-state index contributed by atoms with van der Waals surface area (Å²) in [5, 5.41) is 25.4. The fourth-order valence-electron chi connectivity index (χ4n) is 13.6. The summed E-state index contributed by atoms with van der Waals surface area (Å²) in [5.74, 6) is 0.154. The Morgan fingerprint density at radius 2 is 1.66 bits per heavy atom. The van der Waals surface area contributed by atoms with Gasteiger partial charge in [-0.15, -0.1) is 0 Å². The maximum absolute atomic E-state index is 14.0. The number of nitrogens with one attached hydrogen (secondary N) is 1. The quantitative estimate of drug-likeness (QED) is 0.143. The second-order valence-electron chi connectivity index (χ2n) is 20.6. The van der Waals surface area contributed by atoms with Gasteiger partial charge in [0.05, 0.1) is 31.2 Å². The number of hydrogen-bond donors (Lipinski definition) is 3. The Labute approximate surface area is 319 Å². The smallest absolute Gasteiger partial charge is 0.309 e. The molecular formula is C44H72N2O7. The first kappa shape index (κ1) is 40.8. The molecule has 0 aromatic rings. The van der Waals surface area contributed by atoms with E-state index in [1.165, 1.54) is 5.57 Å². The fraction of sp³-hybridized carbons (Fsp3) is 0.886. The lowest BCUT2D eigenvalue weighted by molar-refractivity contribution is -0.235. The average molecular weight is 741 g/mol. The van der Waals surface area contributed by atoms with Gasteiger partial charge in [0.2, 0.25) is 0 Å². The van der Waals surface area contributed by atoms with Crippen molar-refractivity contribution in [1.29, 1.82) is 0 Å². The number of Topliss-reactive ketones (excluding diaryl/α,β-unsaturated/α-hetero) is 1. The predicted octanol–water partition coefficient (Wildman–Crippen LogP) is 7.05. The lowest BCUT2D eigenvalue weighted by Gasteiger charge is -2.72. The molecule has 0 bridgehead atoms. The van der Waals surface area contributed by atoms with Crippen LogP contribution in [-0.2, 0) is 23.9 Å². The molecule has 1 heterocycles. The van der Waals surface area contributed by atoms with E-state index in [2.05, 4.69) is 58.7 Å². The van der Waals surface area contributed by atoms with Crippen LogP contribution in [0.25, 0.3) is 0 Å². The highest BCUT2D eigenvalue weighted by atomic mass is 16.5. The molecule has 0 amide bonds. The molecule has 6 aliphatic rings. The van der Waals surface area contributed by atoms with E-state index in [-0.39, 0.29) is 51.8 Å². The highest BCUT2D eigenvalue weighted by molar-refractivity contribution is 6.00. The van der Waals surface area contributed by atoms with Crippen molar-refractivity contribution in [3.05, 3.63) is 11.1 Å². The molecule has 6 rings (SSSR count). The summed E-state index contributed by atoms with van der Waals surface area (Å²) in [7, 11) is 0. The summed E-state index contributed by atoms with van der Waals surface area (Å²) in [5.41, 5.74) is 0.616. The monoisotopic (exact) mass is 741 g/mol. The zero-order chi connectivity index (χ0) is 38.8. The van der Waals surface area contributed by atoms with Crippen molar-refractivity contribution in [2.45, 2.75) is 145 Å². The first-order valence-electron chi connectivity index (χ1n) is 21.1. The molecule has 1 saturated heterocycles. The summed E-state index contributed by atoms with van der Waals surface area (Å²) in [4.78, 5) is 41.3. The van der Waals surface area contributed by atoms with Crippen LogP contribution in [-0.4, -0.2) is 91.0 Å². The minimum Gasteiger partial charge on any atom is -0.481 e. The zero-order valence-corrected chi connectivity index (χ0v) is 34.6. The standard InChI is InChI=1S/C44H72N2O7/c1-28(2)36-30(47)25-44(33(48)27-45-19-10-20-46-21-23-52-24-22-46)18-17-42(8)29(37(36)44)11-12-32-41(7)15-14-34(53-35(49)26-39(3,4)38(50)51)40(5,6)31(41)13-16-43(32,42)9/h28-29,31-34,45,48H,10-27H2,1-9H3,(H,50,51)/t29-,31+,32-,33-,34+,41+,42-,43-,44+/m1/s1. The SMILES string of the molecule is CC(C)C1=C2[C@H]3CC[C@@H]4[C@@]5(C)CC[C@H](OC(=O)CC(C)(C)C(=O)O)C(C)(C)[C@@H]5CC[C@@]4(C)[C@]3(C)CC[C@@]2([C@H](O)CNCCCN2CCOCC2)CC1=O. The molecule has 9 atom stereocenters. The molecule has 5 aliphatic carbocycles. The maximum Gasteiger partial charge on any atom is 0.309 e. The summed E-state index contributed by atoms with van der Waals surface area (Å²) in [6, 6.07) is 0. The van der Waals surface area contributed by atoms with Gasteiger partial charge in [0.1, 0.15) is 6.10 Å². The number of ether oxygens (including phenoxy) is 2. The highest BCUT2D eigenvalue weighted by Gasteiger charge is 2.70. The molecule has 0 radical (unpaired) electrons. The molecule has 4 saturated carbocycles. The molecule has 300 valence electrons. The molecule has 0 aromatic carbocycles. The number of hydrogen-bond acceptors (Lipinski definition) is 8. The number of rotatable bonds is 12. The number of ketones is 1. The van der Waals surface area contributed by atoms with Crippen molar-refractivity contribution in [3.8, 4) is 0 Å². The Kier molecular flexibility index (Phi) is 11.3. The van der Waals surface area contributed by atoms with Crippen molar-refractivity contribution >= 4 is 17.7 Å². The second-order valence-corrected chi connectivity index (χ2v) is 20.6. The Bertz CT molecular complexity index is 1450. The molecule has 53 heavy (non-hydrogen) atoms. The number of morpholine rings is 1. The predicted molar refractivity (Wildman–Crippen MR) is 206 cm³/mol. The number of aliphatic hydroxyl groups is 1. The minimum absolute atomic E-state index is 0.00860. The van der Waals surface area contributed by atoms with Crippen LogP contribution in [0, 0.1) is 56.2 Å². The number of allylic oxidation sites excluding steroid dienone is 1. The fourth-order valence-corrected chi connectivity index (χ4v) is 13.6. The molecule has 0 aromatic heterocycles. The Hall–Kier alpha value is -1.81. The van der Waals surface area contributed by atoms with E-state index in [0.29, 0.717) is 24.8 Å². The number of aliphatic hydroxyl groups excluding tert-OH is 1. The first-order chi connectivity index (χ1) is 24.7. The van der Waals surface area contributed by atoms with Gasteiger partial charge in [0.15, 0.2) is 5.78 Å². The number of nitrogens with zero attached hydrogens (tertiary/aromatic N) is 1. The van der Waals surface area contributed by atoms with E-state index in [1.807, 2.05) is 0 Å². The summed E-state index contributed by atoms with van der Waals surface area (Å²) < 4.78 is 11.7. The molecule has 0 spiro atoms. The van der Waals surface area contributed by atoms with Gasteiger partial charge in [-0.3, -0.25) is 19.3 Å². The lowest BCUT2D eigenvalue weighted by atomic mass is 9.33. The third-order valence-electron chi connectivity index (χ3n) is 16.8. The molecule has 5 fully saturated rings. The Balaban J connectivity index is 1.21. The van der Waals surface area contributed by atoms with Crippen LogP contribution in [0.2, 0.25) is 0 Å². The van der Waals surface area contributed by atoms with E-state index in [9.17, 15) is 24.6 Å². The van der Waals surface area contributed by atoms with Gasteiger partial charge in [0, 0.05) is 36.9 Å². The third kappa shape index (κ3) is 6.77. The van der Waals surface area contributed by atoms with Gasteiger partial charge < -0.3 is 25.0 Å². The summed E-state index contributed by atoms with van der Waals surface area (Å²) in [6.07, 6.45) is 8.47. The van der Waals surface area contributed by atoms with E-state index < -0.39 is 28.9 Å². The van der Waals surface area contributed by atoms with Gasteiger partial charge in [0.25, 0.3) is 0 Å². The topological polar surface area (TPSA) is 125 Å². The van der Waals surface area contributed by atoms with Crippen molar-refractivity contribution in [3.63, 3.8) is 0 Å². The van der Waals surface area contributed by atoms with Crippen molar-refractivity contribution < 1.29 is 34.1 Å². The average Bonchev–Trinajstić information content (AvgIpc) is 3.39. The molecule has 9 heteroatoms. The maximum atomic E-state index is 14.0. The van der Waals surface area contributed by atoms with Gasteiger partial charge in [-0.2, -0.15) is 0 Å². The molecule has 1 aliphatic heterocycles. The lowest BCUT2D eigenvalue weighted by Crippen LogP contribution is -2.66. The zero-order valence-electron chi connectivity index (χ0n) is 34.6. The van der Waals surface area contributed by atoms with Gasteiger partial charge in [-0.25, -0.2) is 0 Å². The summed E-state index contributed by atoms with van der Waals surface area (Å²) >= 11 is 0. The van der Waals surface area contributed by atoms with Crippen LogP contribution < -0.4 is 5.32 Å². The number of carbonyl (C=O) groups excluding carboxylic acids is 2. The van der Waals surface area contributed by atoms with Crippen molar-refractivity contribution in [1.82, 2.24) is 10.2 Å². The normalized spacial score (nSPS) is 39.2. The molecule has 3 N–H and O–H groups in total. The minimum atomic E-state index is -1.16. The summed E-state index contributed by atoms with van der Waals surface area (Å²) in [6.45, 7) is 25.7. The Morgan fingerprint density at radius 3 is 2.32 bits per heavy atom. The van der Waals surface area contributed by atoms with Crippen LogP contribution in [0.5, 0.6) is 0 Å². The third-order valence-corrected chi connectivity index (χ3v) is 16.8. The number of carboxylic acids is 1. The van der Waals surface area contributed by atoms with Crippen molar-refractivity contribution in [2.75, 3.05) is 45.9 Å². The van der Waals surface area contributed by atoms with E-state index in [0.717, 1.165) is 103 Å². The van der Waals surface area contributed by atoms with Crippen molar-refractivity contribution in [2.24, 2.45) is 56.2 Å². The van der Waals surface area contributed by atoms with E-state index >= 15 is 0 Å².